The summed E-state index contributed by atoms with van der Waals surface area (Å²) in [7, 11) is -2.44. The first-order chi connectivity index (χ1) is 9.72. The molecule has 0 fully saturated rings. The number of hydrogen-bond acceptors (Lipinski definition) is 5. The van der Waals surface area contributed by atoms with Crippen LogP contribution >= 0.6 is 0 Å². The van der Waals surface area contributed by atoms with Crippen LogP contribution < -0.4 is 10.0 Å². The Morgan fingerprint density at radius 1 is 1.33 bits per heavy atom. The van der Waals surface area contributed by atoms with Crippen LogP contribution in [0.2, 0.25) is 0 Å². The molecule has 0 radical (unpaired) electrons. The van der Waals surface area contributed by atoms with Gasteiger partial charge in [0.15, 0.2) is 0 Å². The summed E-state index contributed by atoms with van der Waals surface area (Å²) < 4.78 is 25.6. The summed E-state index contributed by atoms with van der Waals surface area (Å²) in [5.41, 5.74) is 0.0735. The van der Waals surface area contributed by atoms with E-state index in [1.54, 1.807) is 0 Å². The molecule has 0 bridgehead atoms. The Morgan fingerprint density at radius 3 is 2.43 bits per heavy atom. The first-order valence-electron chi connectivity index (χ1n) is 6.71. The molecule has 2 unspecified atom stereocenters. The van der Waals surface area contributed by atoms with E-state index in [1.807, 2.05) is 20.8 Å². The van der Waals surface area contributed by atoms with Crippen LogP contribution in [0.15, 0.2) is 23.1 Å². The van der Waals surface area contributed by atoms with Crippen molar-refractivity contribution in [3.8, 4) is 0 Å². The third-order valence-corrected chi connectivity index (χ3v) is 5.04. The molecule has 2 N–H and O–H groups in total. The van der Waals surface area contributed by atoms with Crippen LogP contribution in [0.4, 0.5) is 11.4 Å². The number of hydrogen-bond donors (Lipinski definition) is 2. The summed E-state index contributed by atoms with van der Waals surface area (Å²) in [5, 5.41) is 14.2. The van der Waals surface area contributed by atoms with Crippen molar-refractivity contribution in [3.63, 3.8) is 0 Å². The van der Waals surface area contributed by atoms with Crippen LogP contribution in [0.5, 0.6) is 0 Å². The molecule has 7 nitrogen and oxygen atoms in total. The first-order valence-corrected chi connectivity index (χ1v) is 8.19. The van der Waals surface area contributed by atoms with Crippen LogP contribution in [-0.4, -0.2) is 26.4 Å². The molecule has 0 saturated carbocycles. The van der Waals surface area contributed by atoms with Crippen LogP contribution in [0.25, 0.3) is 0 Å². The predicted molar refractivity (Wildman–Crippen MR) is 81.9 cm³/mol. The summed E-state index contributed by atoms with van der Waals surface area (Å²) >= 11 is 0. The Labute approximate surface area is 124 Å². The van der Waals surface area contributed by atoms with E-state index in [1.165, 1.54) is 19.2 Å². The molecule has 0 aliphatic heterocycles. The van der Waals surface area contributed by atoms with Crippen molar-refractivity contribution in [3.05, 3.63) is 28.3 Å². The van der Waals surface area contributed by atoms with E-state index in [-0.39, 0.29) is 16.6 Å². The minimum Gasteiger partial charge on any atom is -0.377 e. The lowest BCUT2D eigenvalue weighted by atomic mass is 10.0. The number of rotatable bonds is 7. The third kappa shape index (κ3) is 4.15. The minimum atomic E-state index is -3.70. The van der Waals surface area contributed by atoms with Crippen molar-refractivity contribution < 1.29 is 13.3 Å². The Bertz CT molecular complexity index is 616. The molecular weight excluding hydrogens is 294 g/mol. The van der Waals surface area contributed by atoms with E-state index in [4.69, 9.17) is 0 Å². The standard InChI is InChI=1S/C13H21N3O4S/c1-5-9(2)10(3)15-12-7-6-11(21(19,20)14-4)8-13(12)16(17)18/h6-10,14-15H,5H2,1-4H3. The molecule has 0 aliphatic carbocycles. The Balaban J connectivity index is 3.21. The maximum absolute atomic E-state index is 11.7. The zero-order valence-corrected chi connectivity index (χ0v) is 13.4. The van der Waals surface area contributed by atoms with Gasteiger partial charge in [0.25, 0.3) is 5.69 Å². The number of nitrogens with one attached hydrogen (secondary N) is 2. The van der Waals surface area contributed by atoms with Gasteiger partial charge >= 0.3 is 0 Å². The fourth-order valence-electron chi connectivity index (χ4n) is 1.81. The van der Waals surface area contributed by atoms with E-state index in [0.717, 1.165) is 12.5 Å². The number of sulfonamides is 1. The highest BCUT2D eigenvalue weighted by atomic mass is 32.2. The summed E-state index contributed by atoms with van der Waals surface area (Å²) in [6.07, 6.45) is 0.939. The van der Waals surface area contributed by atoms with Crippen LogP contribution in [0.3, 0.4) is 0 Å². The van der Waals surface area contributed by atoms with E-state index in [2.05, 4.69) is 10.0 Å². The van der Waals surface area contributed by atoms with Gasteiger partial charge in [0.1, 0.15) is 5.69 Å². The van der Waals surface area contributed by atoms with Crippen molar-refractivity contribution in [2.24, 2.45) is 5.92 Å². The smallest absolute Gasteiger partial charge is 0.293 e. The second-order valence-electron chi connectivity index (χ2n) is 4.96. The van der Waals surface area contributed by atoms with Gasteiger partial charge in [-0.25, -0.2) is 13.1 Å². The van der Waals surface area contributed by atoms with E-state index in [9.17, 15) is 18.5 Å². The number of nitrogens with zero attached hydrogens (tertiary/aromatic N) is 1. The van der Waals surface area contributed by atoms with Gasteiger partial charge in [-0.2, -0.15) is 0 Å². The first kappa shape index (κ1) is 17.4. The monoisotopic (exact) mass is 315 g/mol. The van der Waals surface area contributed by atoms with Gasteiger partial charge in [-0.15, -0.1) is 0 Å². The topological polar surface area (TPSA) is 101 Å². The van der Waals surface area contributed by atoms with Gasteiger partial charge in [0.2, 0.25) is 10.0 Å². The lowest BCUT2D eigenvalue weighted by Crippen LogP contribution is -2.24. The molecule has 0 saturated heterocycles. The highest BCUT2D eigenvalue weighted by Gasteiger charge is 2.22. The molecule has 0 heterocycles. The van der Waals surface area contributed by atoms with Crippen molar-refractivity contribution in [1.82, 2.24) is 4.72 Å². The Hall–Kier alpha value is -1.67. The van der Waals surface area contributed by atoms with Crippen molar-refractivity contribution >= 4 is 21.4 Å². The normalized spacial score (nSPS) is 14.5. The third-order valence-electron chi connectivity index (χ3n) is 3.63. The molecule has 1 rings (SSSR count). The predicted octanol–water partition coefficient (Wildman–Crippen LogP) is 2.35. The maximum Gasteiger partial charge on any atom is 0.293 e. The van der Waals surface area contributed by atoms with Gasteiger partial charge in [-0.05, 0) is 32.0 Å². The molecule has 0 spiro atoms. The number of nitro groups is 1. The highest BCUT2D eigenvalue weighted by Crippen LogP contribution is 2.29. The van der Waals surface area contributed by atoms with Gasteiger partial charge in [-0.1, -0.05) is 20.3 Å². The van der Waals surface area contributed by atoms with E-state index < -0.39 is 14.9 Å². The zero-order chi connectivity index (χ0) is 16.2. The van der Waals surface area contributed by atoms with Gasteiger partial charge in [0.05, 0.1) is 9.82 Å². The largest absolute Gasteiger partial charge is 0.377 e. The van der Waals surface area contributed by atoms with E-state index >= 15 is 0 Å². The SMILES string of the molecule is CCC(C)C(C)Nc1ccc(S(=O)(=O)NC)cc1[N+](=O)[O-]. The second kappa shape index (κ2) is 6.86. The molecule has 0 aliphatic rings. The Kier molecular flexibility index (Phi) is 5.68. The number of anilines is 1. The average Bonchev–Trinajstić information content (AvgIpc) is 2.46. The lowest BCUT2D eigenvalue weighted by molar-refractivity contribution is -0.384. The van der Waals surface area contributed by atoms with Gasteiger partial charge in [0, 0.05) is 12.1 Å². The highest BCUT2D eigenvalue weighted by molar-refractivity contribution is 7.89. The molecule has 2 atom stereocenters. The van der Waals surface area contributed by atoms with Crippen LogP contribution in [-0.2, 0) is 10.0 Å². The second-order valence-corrected chi connectivity index (χ2v) is 6.85. The Morgan fingerprint density at radius 2 is 1.95 bits per heavy atom. The van der Waals surface area contributed by atoms with Gasteiger partial charge in [-0.3, -0.25) is 10.1 Å². The summed E-state index contributed by atoms with van der Waals surface area (Å²) in [6, 6.07) is 3.89. The van der Waals surface area contributed by atoms with E-state index in [0.29, 0.717) is 11.6 Å². The summed E-state index contributed by atoms with van der Waals surface area (Å²) in [4.78, 5) is 10.5. The van der Waals surface area contributed by atoms with Crippen LogP contribution in [0.1, 0.15) is 27.2 Å². The van der Waals surface area contributed by atoms with Gasteiger partial charge < -0.3 is 5.32 Å². The van der Waals surface area contributed by atoms with Crippen molar-refractivity contribution in [1.29, 1.82) is 0 Å². The maximum atomic E-state index is 11.7. The number of nitro benzene ring substituents is 1. The fraction of sp³-hybridized carbons (Fsp3) is 0.538. The fourth-order valence-corrected chi connectivity index (χ4v) is 2.56. The quantitative estimate of drug-likeness (QED) is 0.594. The molecule has 21 heavy (non-hydrogen) atoms. The molecule has 1 aromatic carbocycles. The molecule has 0 amide bonds. The number of benzene rings is 1. The molecule has 1 aromatic rings. The minimum absolute atomic E-state index is 0.0421. The molecule has 8 heteroatoms. The molecule has 0 aromatic heterocycles. The summed E-state index contributed by atoms with van der Waals surface area (Å²) in [5.74, 6) is 0.338. The summed E-state index contributed by atoms with van der Waals surface area (Å²) in [6.45, 7) is 6.03. The molecular formula is C13H21N3O4S. The van der Waals surface area contributed by atoms with Crippen LogP contribution in [0, 0.1) is 16.0 Å². The molecule has 118 valence electrons. The zero-order valence-electron chi connectivity index (χ0n) is 12.6. The average molecular weight is 315 g/mol. The lowest BCUT2D eigenvalue weighted by Gasteiger charge is -2.21. The van der Waals surface area contributed by atoms with Crippen molar-refractivity contribution in [2.45, 2.75) is 38.1 Å². The van der Waals surface area contributed by atoms with Crippen molar-refractivity contribution in [2.75, 3.05) is 12.4 Å².